The number of anilines is 3. The number of ether oxygens (including phenoxy) is 1. The molecule has 9 nitrogen and oxygen atoms in total. The summed E-state index contributed by atoms with van der Waals surface area (Å²) >= 11 is 0. The summed E-state index contributed by atoms with van der Waals surface area (Å²) in [6.45, 7) is 5.25. The van der Waals surface area contributed by atoms with E-state index in [0.717, 1.165) is 25.1 Å². The zero-order valence-corrected chi connectivity index (χ0v) is 19.2. The quantitative estimate of drug-likeness (QED) is 0.505. The Kier molecular flexibility index (Phi) is 6.87. The Bertz CT molecular complexity index is 1190. The van der Waals surface area contributed by atoms with E-state index >= 15 is 0 Å². The fourth-order valence-corrected chi connectivity index (χ4v) is 3.89. The predicted octanol–water partition coefficient (Wildman–Crippen LogP) is 3.23. The molecule has 3 heterocycles. The van der Waals surface area contributed by atoms with Crippen molar-refractivity contribution in [2.75, 3.05) is 29.0 Å². The summed E-state index contributed by atoms with van der Waals surface area (Å²) in [6, 6.07) is 6.20. The molecule has 0 spiro atoms. The lowest BCUT2D eigenvalue weighted by atomic mass is 10.1. The molecule has 1 saturated heterocycles. The number of aromatic nitrogens is 3. The van der Waals surface area contributed by atoms with Crippen molar-refractivity contribution < 1.29 is 13.9 Å². The topological polar surface area (TPSA) is 132 Å². The number of benzene rings is 1. The highest BCUT2D eigenvalue weighted by Gasteiger charge is 2.22. The molecule has 178 valence electrons. The summed E-state index contributed by atoms with van der Waals surface area (Å²) in [5.74, 6) is -0.591. The zero-order valence-electron chi connectivity index (χ0n) is 19.2. The van der Waals surface area contributed by atoms with Crippen molar-refractivity contribution in [1.82, 2.24) is 15.0 Å². The maximum Gasteiger partial charge on any atom is 0.276 e. The molecule has 5 N–H and O–H groups in total. The van der Waals surface area contributed by atoms with Gasteiger partial charge in [-0.05, 0) is 51.0 Å². The second-order valence-electron chi connectivity index (χ2n) is 8.50. The van der Waals surface area contributed by atoms with Crippen LogP contribution < -0.4 is 26.4 Å². The first kappa shape index (κ1) is 23.4. The van der Waals surface area contributed by atoms with Gasteiger partial charge >= 0.3 is 0 Å². The first-order chi connectivity index (χ1) is 16.3. The van der Waals surface area contributed by atoms with E-state index in [-0.39, 0.29) is 34.9 Å². The Morgan fingerprint density at radius 3 is 2.88 bits per heavy atom. The van der Waals surface area contributed by atoms with Crippen LogP contribution in [0, 0.1) is 5.82 Å². The fraction of sp³-hybridized carbons (Fsp3) is 0.333. The number of nitrogens with one attached hydrogen (secondary N) is 1. The number of carbonyl (C=O) groups is 1. The van der Waals surface area contributed by atoms with Crippen molar-refractivity contribution in [1.29, 1.82) is 0 Å². The van der Waals surface area contributed by atoms with Gasteiger partial charge in [-0.2, -0.15) is 0 Å². The molecule has 0 bridgehead atoms. The number of nitrogens with two attached hydrogens (primary N) is 2. The lowest BCUT2D eigenvalue weighted by molar-refractivity contribution is 0.102. The minimum absolute atomic E-state index is 0.0273. The molecule has 1 aromatic carbocycles. The Morgan fingerprint density at radius 2 is 2.12 bits per heavy atom. The van der Waals surface area contributed by atoms with E-state index in [1.54, 1.807) is 12.4 Å². The number of carbonyl (C=O) groups excluding carboxylic acids is 1. The van der Waals surface area contributed by atoms with E-state index in [4.69, 9.17) is 16.2 Å². The normalized spacial score (nSPS) is 15.9. The van der Waals surface area contributed by atoms with Crippen LogP contribution in [0.2, 0.25) is 0 Å². The number of pyridine rings is 1. The molecule has 10 heteroatoms. The van der Waals surface area contributed by atoms with Crippen LogP contribution in [0.15, 0.2) is 42.9 Å². The van der Waals surface area contributed by atoms with Crippen molar-refractivity contribution in [2.45, 2.75) is 38.8 Å². The van der Waals surface area contributed by atoms with Gasteiger partial charge in [0, 0.05) is 25.3 Å². The monoisotopic (exact) mass is 465 g/mol. The number of hydrogen-bond acceptors (Lipinski definition) is 8. The summed E-state index contributed by atoms with van der Waals surface area (Å²) in [5.41, 5.74) is 13.6. The van der Waals surface area contributed by atoms with E-state index < -0.39 is 11.7 Å². The molecule has 2 aromatic heterocycles. The largest absolute Gasteiger partial charge is 0.491 e. The number of halogens is 1. The second kappa shape index (κ2) is 10.0. The van der Waals surface area contributed by atoms with Crippen LogP contribution in [0.1, 0.15) is 37.2 Å². The minimum Gasteiger partial charge on any atom is -0.491 e. The van der Waals surface area contributed by atoms with Crippen LogP contribution in [0.25, 0.3) is 11.4 Å². The third-order valence-electron chi connectivity index (χ3n) is 5.43. The van der Waals surface area contributed by atoms with Crippen molar-refractivity contribution in [3.05, 3.63) is 54.4 Å². The molecule has 1 amide bonds. The summed E-state index contributed by atoms with van der Waals surface area (Å²) in [6.07, 6.45) is 6.36. The van der Waals surface area contributed by atoms with E-state index in [1.165, 1.54) is 24.4 Å². The Hall–Kier alpha value is -3.79. The molecule has 4 rings (SSSR count). The van der Waals surface area contributed by atoms with Gasteiger partial charge in [0.2, 0.25) is 0 Å². The van der Waals surface area contributed by atoms with Crippen LogP contribution in [0.3, 0.4) is 0 Å². The molecule has 1 aliphatic rings. The number of hydrogen-bond donors (Lipinski definition) is 3. The van der Waals surface area contributed by atoms with Gasteiger partial charge in [-0.1, -0.05) is 0 Å². The molecular formula is C24H28FN7O2. The molecular weight excluding hydrogens is 437 g/mol. The van der Waals surface area contributed by atoms with Crippen molar-refractivity contribution in [3.8, 4) is 17.1 Å². The molecule has 3 aromatic rings. The summed E-state index contributed by atoms with van der Waals surface area (Å²) in [4.78, 5) is 27.8. The maximum atomic E-state index is 14.6. The van der Waals surface area contributed by atoms with Crippen molar-refractivity contribution >= 4 is 23.0 Å². The third kappa shape index (κ3) is 5.23. The number of rotatable bonds is 6. The minimum atomic E-state index is -0.549. The van der Waals surface area contributed by atoms with Crippen LogP contribution in [-0.2, 0) is 0 Å². The van der Waals surface area contributed by atoms with E-state index in [1.807, 2.05) is 19.9 Å². The van der Waals surface area contributed by atoms with Gasteiger partial charge in [-0.25, -0.2) is 14.4 Å². The highest BCUT2D eigenvalue weighted by atomic mass is 19.1. The number of nitrogen functional groups attached to an aromatic ring is 1. The van der Waals surface area contributed by atoms with Crippen LogP contribution in [0.5, 0.6) is 5.75 Å². The van der Waals surface area contributed by atoms with Gasteiger partial charge in [0.1, 0.15) is 11.6 Å². The van der Waals surface area contributed by atoms with Gasteiger partial charge in [-0.15, -0.1) is 0 Å². The average molecular weight is 466 g/mol. The standard InChI is InChI=1S/C24H28FN7O2/c1-14(2)34-16-5-6-18(25)17(10-16)23-29-11-19(27)22(31-23)24(33)30-20-12-28-8-7-21(20)32-9-3-4-15(26)13-32/h5-8,10-12,14-15H,3-4,9,13,26-27H2,1-2H3,(H,30,33). The summed E-state index contributed by atoms with van der Waals surface area (Å²) in [7, 11) is 0. The van der Waals surface area contributed by atoms with Gasteiger partial charge in [0.05, 0.1) is 41.1 Å². The van der Waals surface area contributed by atoms with Crippen LogP contribution in [0.4, 0.5) is 21.5 Å². The van der Waals surface area contributed by atoms with E-state index in [0.29, 0.717) is 18.0 Å². The SMILES string of the molecule is CC(C)Oc1ccc(F)c(-c2ncc(N)c(C(=O)Nc3cnccc3N3CCCC(N)C3)n2)c1. The van der Waals surface area contributed by atoms with Crippen LogP contribution >= 0.6 is 0 Å². The van der Waals surface area contributed by atoms with Gasteiger partial charge < -0.3 is 26.4 Å². The average Bonchev–Trinajstić information content (AvgIpc) is 2.81. The Balaban J connectivity index is 1.62. The maximum absolute atomic E-state index is 14.6. The second-order valence-corrected chi connectivity index (χ2v) is 8.50. The highest BCUT2D eigenvalue weighted by molar-refractivity contribution is 6.07. The summed E-state index contributed by atoms with van der Waals surface area (Å²) in [5, 5.41) is 2.84. The smallest absolute Gasteiger partial charge is 0.276 e. The number of nitrogens with zero attached hydrogens (tertiary/aromatic N) is 4. The van der Waals surface area contributed by atoms with E-state index in [9.17, 15) is 9.18 Å². The van der Waals surface area contributed by atoms with Gasteiger partial charge in [-0.3, -0.25) is 9.78 Å². The molecule has 34 heavy (non-hydrogen) atoms. The fourth-order valence-electron chi connectivity index (χ4n) is 3.89. The molecule has 1 atom stereocenters. The molecule has 0 saturated carbocycles. The number of piperidine rings is 1. The third-order valence-corrected chi connectivity index (χ3v) is 5.43. The molecule has 1 fully saturated rings. The van der Waals surface area contributed by atoms with Crippen LogP contribution in [-0.4, -0.2) is 46.1 Å². The van der Waals surface area contributed by atoms with E-state index in [2.05, 4.69) is 25.2 Å². The Labute approximate surface area is 197 Å². The summed E-state index contributed by atoms with van der Waals surface area (Å²) < 4.78 is 20.2. The van der Waals surface area contributed by atoms with Gasteiger partial charge in [0.15, 0.2) is 11.5 Å². The molecule has 0 radical (unpaired) electrons. The molecule has 1 aliphatic heterocycles. The molecule has 1 unspecified atom stereocenters. The first-order valence-electron chi connectivity index (χ1n) is 11.2. The molecule has 0 aliphatic carbocycles. The Morgan fingerprint density at radius 1 is 1.29 bits per heavy atom. The highest BCUT2D eigenvalue weighted by Crippen LogP contribution is 2.29. The number of amides is 1. The predicted molar refractivity (Wildman–Crippen MR) is 129 cm³/mol. The lowest BCUT2D eigenvalue weighted by Gasteiger charge is -2.33. The van der Waals surface area contributed by atoms with Crippen molar-refractivity contribution in [3.63, 3.8) is 0 Å². The van der Waals surface area contributed by atoms with Crippen molar-refractivity contribution in [2.24, 2.45) is 5.73 Å². The van der Waals surface area contributed by atoms with Gasteiger partial charge in [0.25, 0.3) is 5.91 Å². The first-order valence-corrected chi connectivity index (χ1v) is 11.2. The lowest BCUT2D eigenvalue weighted by Crippen LogP contribution is -2.43. The zero-order chi connectivity index (χ0) is 24.2.